The highest BCUT2D eigenvalue weighted by Crippen LogP contribution is 2.33. The van der Waals surface area contributed by atoms with Crippen LogP contribution in [0.2, 0.25) is 0 Å². The summed E-state index contributed by atoms with van der Waals surface area (Å²) in [7, 11) is 4.86. The van der Waals surface area contributed by atoms with Gasteiger partial charge in [0.2, 0.25) is 0 Å². The number of aryl methyl sites for hydroxylation is 1. The Morgan fingerprint density at radius 3 is 2.52 bits per heavy atom. The minimum Gasteiger partial charge on any atom is -0.496 e. The van der Waals surface area contributed by atoms with E-state index in [0.29, 0.717) is 23.6 Å². The maximum atomic E-state index is 12.7. The van der Waals surface area contributed by atoms with E-state index in [-0.39, 0.29) is 5.91 Å². The summed E-state index contributed by atoms with van der Waals surface area (Å²) in [5.74, 6) is 1.88. The van der Waals surface area contributed by atoms with Crippen LogP contribution in [0.1, 0.15) is 39.9 Å². The first-order chi connectivity index (χ1) is 15.0. The van der Waals surface area contributed by atoms with Crippen molar-refractivity contribution in [3.8, 4) is 17.2 Å². The van der Waals surface area contributed by atoms with Crippen LogP contribution in [-0.4, -0.2) is 51.8 Å². The molecule has 0 aromatic heterocycles. The van der Waals surface area contributed by atoms with Crippen LogP contribution in [0.25, 0.3) is 0 Å². The molecule has 7 heteroatoms. The number of ether oxygens (including phenoxy) is 3. The first kappa shape index (κ1) is 23.7. The fraction of sp³-hybridized carbons (Fsp3) is 0.458. The van der Waals surface area contributed by atoms with Crippen molar-refractivity contribution >= 4 is 28.5 Å². The highest BCUT2D eigenvalue weighted by Gasteiger charge is 2.19. The van der Waals surface area contributed by atoms with E-state index in [9.17, 15) is 4.79 Å². The van der Waals surface area contributed by atoms with Crippen molar-refractivity contribution in [3.05, 3.63) is 50.1 Å². The molecule has 1 heterocycles. The molecule has 2 aromatic carbocycles. The molecule has 0 radical (unpaired) electrons. The summed E-state index contributed by atoms with van der Waals surface area (Å²) < 4.78 is 17.1. The Morgan fingerprint density at radius 2 is 1.81 bits per heavy atom. The number of nitrogens with one attached hydrogen (secondary N) is 1. The molecule has 168 valence electrons. The molecule has 31 heavy (non-hydrogen) atoms. The van der Waals surface area contributed by atoms with Crippen molar-refractivity contribution in [1.29, 1.82) is 0 Å². The van der Waals surface area contributed by atoms with E-state index in [4.69, 9.17) is 14.2 Å². The Bertz CT molecular complexity index is 932. The summed E-state index contributed by atoms with van der Waals surface area (Å²) >= 11 is 2.17. The van der Waals surface area contributed by atoms with Crippen LogP contribution in [0.5, 0.6) is 17.2 Å². The topological polar surface area (TPSA) is 60.0 Å². The second kappa shape index (κ2) is 11.0. The van der Waals surface area contributed by atoms with Crippen molar-refractivity contribution in [2.45, 2.75) is 32.7 Å². The summed E-state index contributed by atoms with van der Waals surface area (Å²) in [5, 5.41) is 3.02. The first-order valence-corrected chi connectivity index (χ1v) is 11.6. The van der Waals surface area contributed by atoms with Gasteiger partial charge < -0.3 is 19.5 Å². The van der Waals surface area contributed by atoms with Gasteiger partial charge in [0.25, 0.3) is 5.91 Å². The molecule has 3 rings (SSSR count). The van der Waals surface area contributed by atoms with Crippen molar-refractivity contribution in [3.63, 3.8) is 0 Å². The number of carbonyl (C=O) groups is 1. The highest BCUT2D eigenvalue weighted by atomic mass is 127. The van der Waals surface area contributed by atoms with E-state index in [1.165, 1.54) is 16.7 Å². The van der Waals surface area contributed by atoms with Gasteiger partial charge in [-0.15, -0.1) is 0 Å². The zero-order chi connectivity index (χ0) is 22.4. The number of halogens is 1. The van der Waals surface area contributed by atoms with Gasteiger partial charge in [-0.05, 0) is 90.2 Å². The Hall–Kier alpha value is -2.00. The van der Waals surface area contributed by atoms with Crippen molar-refractivity contribution in [1.82, 2.24) is 10.2 Å². The molecule has 0 unspecified atom stereocenters. The molecule has 0 saturated heterocycles. The fourth-order valence-electron chi connectivity index (χ4n) is 4.04. The predicted molar refractivity (Wildman–Crippen MR) is 131 cm³/mol. The third kappa shape index (κ3) is 5.83. The van der Waals surface area contributed by atoms with Gasteiger partial charge in [-0.2, -0.15) is 0 Å². The minimum atomic E-state index is -0.134. The number of unbranched alkanes of at least 4 members (excludes halogenated alkanes) is 1. The zero-order valence-electron chi connectivity index (χ0n) is 18.7. The maximum Gasteiger partial charge on any atom is 0.255 e. The number of nitrogens with zero attached hydrogens (tertiary/aromatic N) is 1. The third-order valence-electron chi connectivity index (χ3n) is 5.68. The van der Waals surface area contributed by atoms with Crippen LogP contribution in [0.4, 0.5) is 0 Å². The van der Waals surface area contributed by atoms with E-state index in [1.807, 2.05) is 12.1 Å². The van der Waals surface area contributed by atoms with Gasteiger partial charge >= 0.3 is 0 Å². The maximum absolute atomic E-state index is 12.7. The SMILES string of the molecule is COc1cc2c(cc1C)CN(CCCCNC(=O)c1cc(I)cc(OC)c1OC)CC2. The Kier molecular flexibility index (Phi) is 8.43. The fourth-order valence-corrected chi connectivity index (χ4v) is 4.63. The normalized spacial score (nSPS) is 13.5. The molecule has 1 N–H and O–H groups in total. The molecule has 6 nitrogen and oxygen atoms in total. The van der Waals surface area contributed by atoms with Gasteiger partial charge in [0, 0.05) is 23.2 Å². The number of amides is 1. The van der Waals surface area contributed by atoms with Crippen molar-refractivity contribution < 1.29 is 19.0 Å². The highest BCUT2D eigenvalue weighted by molar-refractivity contribution is 14.1. The number of hydrogen-bond acceptors (Lipinski definition) is 5. The van der Waals surface area contributed by atoms with E-state index in [2.05, 4.69) is 51.9 Å². The lowest BCUT2D eigenvalue weighted by molar-refractivity contribution is 0.0948. The van der Waals surface area contributed by atoms with Crippen LogP contribution in [0.15, 0.2) is 24.3 Å². The third-order valence-corrected chi connectivity index (χ3v) is 6.31. The number of hydrogen-bond donors (Lipinski definition) is 1. The Labute approximate surface area is 198 Å². The van der Waals surface area contributed by atoms with Crippen LogP contribution < -0.4 is 19.5 Å². The summed E-state index contributed by atoms with van der Waals surface area (Å²) in [5.41, 5.74) is 4.49. The second-order valence-electron chi connectivity index (χ2n) is 7.77. The lowest BCUT2D eigenvalue weighted by Gasteiger charge is -2.29. The minimum absolute atomic E-state index is 0.134. The average Bonchev–Trinajstić information content (AvgIpc) is 2.77. The number of rotatable bonds is 9. The smallest absolute Gasteiger partial charge is 0.255 e. The van der Waals surface area contributed by atoms with Crippen LogP contribution in [0.3, 0.4) is 0 Å². The zero-order valence-corrected chi connectivity index (χ0v) is 20.9. The lowest BCUT2D eigenvalue weighted by atomic mass is 9.97. The van der Waals surface area contributed by atoms with E-state index in [1.54, 1.807) is 21.3 Å². The molecule has 0 atom stereocenters. The summed E-state index contributed by atoms with van der Waals surface area (Å²) in [6.07, 6.45) is 3.02. The number of carbonyl (C=O) groups excluding carboxylic acids is 1. The van der Waals surface area contributed by atoms with Gasteiger partial charge in [-0.3, -0.25) is 9.69 Å². The predicted octanol–water partition coefficient (Wildman–Crippen LogP) is 4.19. The average molecular weight is 538 g/mol. The molecule has 0 saturated carbocycles. The molecule has 0 bridgehead atoms. The van der Waals surface area contributed by atoms with Gasteiger partial charge in [-0.1, -0.05) is 6.07 Å². The summed E-state index contributed by atoms with van der Waals surface area (Å²) in [6.45, 7) is 5.80. The van der Waals surface area contributed by atoms with Gasteiger partial charge in [-0.25, -0.2) is 0 Å². The first-order valence-electron chi connectivity index (χ1n) is 10.5. The summed E-state index contributed by atoms with van der Waals surface area (Å²) in [4.78, 5) is 15.2. The quantitative estimate of drug-likeness (QED) is 0.384. The molecule has 1 aliphatic rings. The number of fused-ring (bicyclic) bond motifs is 1. The van der Waals surface area contributed by atoms with Gasteiger partial charge in [0.15, 0.2) is 11.5 Å². The van der Waals surface area contributed by atoms with E-state index in [0.717, 1.165) is 48.2 Å². The summed E-state index contributed by atoms with van der Waals surface area (Å²) in [6, 6.07) is 8.11. The number of benzene rings is 2. The molecule has 0 fully saturated rings. The lowest BCUT2D eigenvalue weighted by Crippen LogP contribution is -2.32. The van der Waals surface area contributed by atoms with Crippen molar-refractivity contribution in [2.24, 2.45) is 0 Å². The molecular weight excluding hydrogens is 507 g/mol. The van der Waals surface area contributed by atoms with E-state index < -0.39 is 0 Å². The number of methoxy groups -OCH3 is 3. The van der Waals surface area contributed by atoms with Crippen LogP contribution in [-0.2, 0) is 13.0 Å². The molecule has 1 aliphatic heterocycles. The molecule has 0 aliphatic carbocycles. The second-order valence-corrected chi connectivity index (χ2v) is 9.01. The largest absolute Gasteiger partial charge is 0.496 e. The molecule has 0 spiro atoms. The monoisotopic (exact) mass is 538 g/mol. The van der Waals surface area contributed by atoms with Crippen LogP contribution >= 0.6 is 22.6 Å². The van der Waals surface area contributed by atoms with Gasteiger partial charge in [0.05, 0.1) is 26.9 Å². The van der Waals surface area contributed by atoms with Crippen LogP contribution in [0, 0.1) is 10.5 Å². The van der Waals surface area contributed by atoms with Crippen molar-refractivity contribution in [2.75, 3.05) is 41.0 Å². The molecule has 2 aromatic rings. The van der Waals surface area contributed by atoms with E-state index >= 15 is 0 Å². The molecular formula is C24H31IN2O4. The Morgan fingerprint density at radius 1 is 1.03 bits per heavy atom. The Balaban J connectivity index is 1.47. The van der Waals surface area contributed by atoms with Gasteiger partial charge in [0.1, 0.15) is 5.75 Å². The standard InChI is InChI=1S/C24H31IN2O4/c1-16-11-18-15-27(10-7-17(18)12-21(16)29-2)9-6-5-8-26-24(28)20-13-19(25)14-22(30-3)23(20)31-4/h11-14H,5-10,15H2,1-4H3,(H,26,28). The molecule has 1 amide bonds.